The first kappa shape index (κ1) is 12.2. The van der Waals surface area contributed by atoms with E-state index in [-0.39, 0.29) is 5.78 Å². The number of hydrogen-bond acceptors (Lipinski definition) is 2. The number of fused-ring (bicyclic) bond motifs is 2. The zero-order valence-electron chi connectivity index (χ0n) is 11.8. The molecule has 1 aliphatic rings. The smallest absolute Gasteiger partial charge is 0.160 e. The van der Waals surface area contributed by atoms with Crippen molar-refractivity contribution in [2.75, 3.05) is 19.0 Å². The molecule has 2 heteroatoms. The number of nitrogens with zero attached hydrogens (tertiary/aromatic N) is 1. The molecule has 0 radical (unpaired) electrons. The summed E-state index contributed by atoms with van der Waals surface area (Å²) in [5.41, 5.74) is 4.76. The van der Waals surface area contributed by atoms with Crippen LogP contribution in [-0.4, -0.2) is 19.9 Å². The van der Waals surface area contributed by atoms with E-state index in [9.17, 15) is 4.79 Å². The molecule has 0 N–H and O–H groups in total. The molecule has 0 atom stereocenters. The Balaban J connectivity index is 2.36. The van der Waals surface area contributed by atoms with E-state index in [4.69, 9.17) is 0 Å². The van der Waals surface area contributed by atoms with Crippen LogP contribution in [0.1, 0.15) is 34.8 Å². The first-order valence-electron chi connectivity index (χ1n) is 6.84. The Bertz CT molecular complexity index is 671. The van der Waals surface area contributed by atoms with Gasteiger partial charge in [-0.2, -0.15) is 0 Å². The van der Waals surface area contributed by atoms with Crippen LogP contribution in [0.25, 0.3) is 10.8 Å². The van der Waals surface area contributed by atoms with Gasteiger partial charge >= 0.3 is 0 Å². The molecule has 0 aromatic heterocycles. The summed E-state index contributed by atoms with van der Waals surface area (Å²) in [7, 11) is 4.06. The third kappa shape index (κ3) is 1.92. The van der Waals surface area contributed by atoms with Crippen LogP contribution in [0.3, 0.4) is 0 Å². The minimum absolute atomic E-state index is 0.194. The summed E-state index contributed by atoms with van der Waals surface area (Å²) >= 11 is 0. The molecule has 98 valence electrons. The Kier molecular flexibility index (Phi) is 2.81. The number of hydrogen-bond donors (Lipinski definition) is 0. The Morgan fingerprint density at radius 3 is 2.63 bits per heavy atom. The average Bonchev–Trinajstić information content (AvgIpc) is 2.81. The highest BCUT2D eigenvalue weighted by Gasteiger charge is 2.20. The molecule has 0 heterocycles. The van der Waals surface area contributed by atoms with Gasteiger partial charge in [0.05, 0.1) is 0 Å². The molecule has 2 aromatic carbocycles. The molecule has 0 saturated carbocycles. The van der Waals surface area contributed by atoms with Crippen LogP contribution >= 0.6 is 0 Å². The van der Waals surface area contributed by atoms with Crippen LogP contribution in [0.15, 0.2) is 24.3 Å². The average molecular weight is 253 g/mol. The van der Waals surface area contributed by atoms with Crippen molar-refractivity contribution in [1.29, 1.82) is 0 Å². The topological polar surface area (TPSA) is 20.3 Å². The van der Waals surface area contributed by atoms with Gasteiger partial charge in [-0.05, 0) is 60.2 Å². The van der Waals surface area contributed by atoms with E-state index in [2.05, 4.69) is 29.2 Å². The Labute approximate surface area is 114 Å². The molecule has 0 aliphatic heterocycles. The monoisotopic (exact) mass is 253 g/mol. The quantitative estimate of drug-likeness (QED) is 0.762. The molecule has 1 aliphatic carbocycles. The van der Waals surface area contributed by atoms with Crippen molar-refractivity contribution >= 4 is 22.2 Å². The van der Waals surface area contributed by atoms with Crippen LogP contribution in [-0.2, 0) is 12.8 Å². The number of Topliss-reactive ketones (excluding diaryl/α,β-unsaturated/α-hetero) is 1. The zero-order valence-corrected chi connectivity index (χ0v) is 11.8. The van der Waals surface area contributed by atoms with Crippen molar-refractivity contribution in [2.45, 2.75) is 26.2 Å². The minimum Gasteiger partial charge on any atom is -0.378 e. The second-order valence-corrected chi connectivity index (χ2v) is 5.60. The highest BCUT2D eigenvalue weighted by atomic mass is 16.1. The van der Waals surface area contributed by atoms with Crippen molar-refractivity contribution < 1.29 is 4.79 Å². The number of benzene rings is 2. The standard InChI is InChI=1S/C17H19NO/c1-11(19)17-15-6-4-5-12(15)9-13-7-8-14(18(2)3)10-16(13)17/h7-10H,4-6H2,1-3H3. The molecule has 0 amide bonds. The molecule has 0 fully saturated rings. The third-order valence-electron chi connectivity index (χ3n) is 4.07. The van der Waals surface area contributed by atoms with Crippen LogP contribution in [0.5, 0.6) is 0 Å². The third-order valence-corrected chi connectivity index (χ3v) is 4.07. The maximum Gasteiger partial charge on any atom is 0.160 e. The number of carbonyl (C=O) groups excluding carboxylic acids is 1. The van der Waals surface area contributed by atoms with Gasteiger partial charge in [0.2, 0.25) is 0 Å². The fourth-order valence-electron chi connectivity index (χ4n) is 3.13. The maximum absolute atomic E-state index is 12.1. The van der Waals surface area contributed by atoms with Crippen LogP contribution < -0.4 is 4.90 Å². The van der Waals surface area contributed by atoms with Crippen molar-refractivity contribution in [3.05, 3.63) is 41.0 Å². The van der Waals surface area contributed by atoms with Crippen molar-refractivity contribution in [3.8, 4) is 0 Å². The number of carbonyl (C=O) groups is 1. The summed E-state index contributed by atoms with van der Waals surface area (Å²) in [6.45, 7) is 1.69. The second kappa shape index (κ2) is 4.37. The molecule has 0 saturated heterocycles. The molecule has 19 heavy (non-hydrogen) atoms. The van der Waals surface area contributed by atoms with Crippen LogP contribution in [0.4, 0.5) is 5.69 Å². The highest BCUT2D eigenvalue weighted by molar-refractivity contribution is 6.09. The molecule has 2 nitrogen and oxygen atoms in total. The van der Waals surface area contributed by atoms with E-state index in [0.717, 1.165) is 29.5 Å². The van der Waals surface area contributed by atoms with E-state index >= 15 is 0 Å². The summed E-state index contributed by atoms with van der Waals surface area (Å²) in [5, 5.41) is 2.30. The van der Waals surface area contributed by atoms with E-state index in [1.807, 2.05) is 14.1 Å². The van der Waals surface area contributed by atoms with Gasteiger partial charge in [0.25, 0.3) is 0 Å². The van der Waals surface area contributed by atoms with E-state index in [1.54, 1.807) is 6.92 Å². The van der Waals surface area contributed by atoms with Gasteiger partial charge in [-0.15, -0.1) is 0 Å². The summed E-state index contributed by atoms with van der Waals surface area (Å²) in [6.07, 6.45) is 3.33. The maximum atomic E-state index is 12.1. The summed E-state index contributed by atoms with van der Waals surface area (Å²) in [5.74, 6) is 0.194. The lowest BCUT2D eigenvalue weighted by atomic mass is 9.93. The Morgan fingerprint density at radius 2 is 1.95 bits per heavy atom. The predicted octanol–water partition coefficient (Wildman–Crippen LogP) is 3.60. The number of ketones is 1. The molecule has 3 rings (SSSR count). The SMILES string of the molecule is CC(=O)c1c2c(cc3ccc(N(C)C)cc13)CCC2. The van der Waals surface area contributed by atoms with Crippen molar-refractivity contribution in [1.82, 2.24) is 0 Å². The minimum atomic E-state index is 0.194. The normalized spacial score (nSPS) is 13.6. The van der Waals surface area contributed by atoms with Crippen molar-refractivity contribution in [3.63, 3.8) is 0 Å². The van der Waals surface area contributed by atoms with Gasteiger partial charge < -0.3 is 4.90 Å². The molecule has 0 unspecified atom stereocenters. The molecule has 0 spiro atoms. The lowest BCUT2D eigenvalue weighted by Crippen LogP contribution is -2.09. The second-order valence-electron chi connectivity index (χ2n) is 5.60. The molecular weight excluding hydrogens is 234 g/mol. The van der Waals surface area contributed by atoms with Gasteiger partial charge in [-0.1, -0.05) is 12.1 Å². The summed E-state index contributed by atoms with van der Waals surface area (Å²) < 4.78 is 0. The molecular formula is C17H19NO. The number of rotatable bonds is 2. The van der Waals surface area contributed by atoms with Crippen molar-refractivity contribution in [2.24, 2.45) is 0 Å². The Morgan fingerprint density at radius 1 is 1.16 bits per heavy atom. The van der Waals surface area contributed by atoms with Crippen LogP contribution in [0, 0.1) is 0 Å². The number of aryl methyl sites for hydroxylation is 1. The largest absolute Gasteiger partial charge is 0.378 e. The fraction of sp³-hybridized carbons (Fsp3) is 0.353. The molecule has 0 bridgehead atoms. The highest BCUT2D eigenvalue weighted by Crippen LogP contribution is 2.34. The number of anilines is 1. The van der Waals surface area contributed by atoms with Gasteiger partial charge in [0, 0.05) is 25.3 Å². The summed E-state index contributed by atoms with van der Waals surface area (Å²) in [4.78, 5) is 14.2. The fourth-order valence-corrected chi connectivity index (χ4v) is 3.13. The van der Waals surface area contributed by atoms with Gasteiger partial charge in [0.1, 0.15) is 0 Å². The lowest BCUT2D eigenvalue weighted by Gasteiger charge is -2.16. The van der Waals surface area contributed by atoms with Gasteiger partial charge in [-0.25, -0.2) is 0 Å². The van der Waals surface area contributed by atoms with E-state index in [1.165, 1.54) is 22.9 Å². The lowest BCUT2D eigenvalue weighted by molar-refractivity contribution is 0.101. The van der Waals surface area contributed by atoms with Gasteiger partial charge in [-0.3, -0.25) is 4.79 Å². The molecule has 2 aromatic rings. The zero-order chi connectivity index (χ0) is 13.6. The van der Waals surface area contributed by atoms with Gasteiger partial charge in [0.15, 0.2) is 5.78 Å². The van der Waals surface area contributed by atoms with E-state index < -0.39 is 0 Å². The first-order chi connectivity index (χ1) is 9.08. The van der Waals surface area contributed by atoms with Crippen LogP contribution in [0.2, 0.25) is 0 Å². The summed E-state index contributed by atoms with van der Waals surface area (Å²) in [6, 6.07) is 8.66. The first-order valence-corrected chi connectivity index (χ1v) is 6.84. The van der Waals surface area contributed by atoms with E-state index in [0.29, 0.717) is 0 Å². The Hall–Kier alpha value is -1.83. The predicted molar refractivity (Wildman–Crippen MR) is 80.3 cm³/mol.